The fourth-order valence-corrected chi connectivity index (χ4v) is 9.62. The zero-order chi connectivity index (χ0) is 47.8. The number of aldehydes is 1. The van der Waals surface area contributed by atoms with Crippen LogP contribution in [0.1, 0.15) is 94.4 Å². The first-order valence-electron chi connectivity index (χ1n) is 23.0. The summed E-state index contributed by atoms with van der Waals surface area (Å²) in [6, 6.07) is -0.686. The lowest BCUT2D eigenvalue weighted by molar-refractivity contribution is -0.338. The Morgan fingerprint density at radius 2 is 1.52 bits per heavy atom. The standard InChI is InChI=1S/C47H79NO16/c1-14-35-32(23-58-46-44(57-13)43(56-12)39(53)29(7)60-46)19-24(2)15-16-33(50)25(3)20-31(17-18-49)41(26(4)34(51)21-36(52)62-35)64-45-40(54)38(48(10)11)42(30(8)61-45)63-37-22-47(9,55)27(5)28(6)59-37/h15-16,18-19,25-32,34-35,37-46,51,53-55H,14,17,20-23H2,1-13H3/b16-15+,24-19+/t25-,26+,27+,28?,29?,30-,31+,32-,34-,35-,37+,38?,39-,40?,41-,42-,43+,44?,45+,46-,47?/m1/s1. The van der Waals surface area contributed by atoms with Gasteiger partial charge in [0.1, 0.15) is 42.9 Å². The Morgan fingerprint density at radius 3 is 2.11 bits per heavy atom. The minimum absolute atomic E-state index is 0.00212. The Labute approximate surface area is 380 Å². The van der Waals surface area contributed by atoms with Crippen molar-refractivity contribution in [3.05, 3.63) is 23.8 Å². The van der Waals surface area contributed by atoms with Crippen LogP contribution in [0.4, 0.5) is 0 Å². The van der Waals surface area contributed by atoms with Gasteiger partial charge in [0, 0.05) is 50.7 Å². The normalized spacial score (nSPS) is 45.9. The van der Waals surface area contributed by atoms with Crippen LogP contribution in [0.25, 0.3) is 0 Å². The number of esters is 1. The minimum Gasteiger partial charge on any atom is -0.462 e. The highest BCUT2D eigenvalue weighted by Gasteiger charge is 2.51. The van der Waals surface area contributed by atoms with E-state index in [1.54, 1.807) is 59.7 Å². The number of hydrogen-bond acceptors (Lipinski definition) is 17. The predicted molar refractivity (Wildman–Crippen MR) is 233 cm³/mol. The highest BCUT2D eigenvalue weighted by atomic mass is 16.7. The topological polar surface area (TPSA) is 218 Å². The van der Waals surface area contributed by atoms with Crippen molar-refractivity contribution in [2.24, 2.45) is 29.6 Å². The second kappa shape index (κ2) is 24.2. The van der Waals surface area contributed by atoms with Gasteiger partial charge in [0.25, 0.3) is 0 Å². The van der Waals surface area contributed by atoms with Crippen molar-refractivity contribution in [3.63, 3.8) is 0 Å². The Morgan fingerprint density at radius 1 is 0.859 bits per heavy atom. The maximum atomic E-state index is 13.8. The van der Waals surface area contributed by atoms with Gasteiger partial charge in [-0.15, -0.1) is 0 Å². The monoisotopic (exact) mass is 914 g/mol. The lowest BCUT2D eigenvalue weighted by Crippen LogP contribution is -2.65. The summed E-state index contributed by atoms with van der Waals surface area (Å²) < 4.78 is 55.2. The van der Waals surface area contributed by atoms with Gasteiger partial charge in [-0.2, -0.15) is 0 Å². The Balaban J connectivity index is 1.62. The van der Waals surface area contributed by atoms with Gasteiger partial charge in [-0.05, 0) is 73.5 Å². The van der Waals surface area contributed by atoms with Gasteiger partial charge in [-0.1, -0.05) is 45.4 Å². The fourth-order valence-electron chi connectivity index (χ4n) is 9.62. The number of carbonyl (C=O) groups excluding carboxylic acids is 3. The number of ether oxygens (including phenoxy) is 9. The molecule has 0 spiro atoms. The van der Waals surface area contributed by atoms with E-state index in [4.69, 9.17) is 42.6 Å². The second-order valence-electron chi connectivity index (χ2n) is 19.1. The molecule has 4 aliphatic rings. The molecule has 21 atom stereocenters. The number of ketones is 1. The molecule has 4 aliphatic heterocycles. The van der Waals surface area contributed by atoms with Crippen molar-refractivity contribution in [3.8, 4) is 0 Å². The van der Waals surface area contributed by atoms with Gasteiger partial charge >= 0.3 is 5.97 Å². The Hall–Kier alpha value is -2.23. The number of cyclic esters (lactones) is 1. The van der Waals surface area contributed by atoms with E-state index in [2.05, 4.69) is 0 Å². The molecule has 3 fully saturated rings. The Kier molecular flexibility index (Phi) is 20.5. The molecule has 368 valence electrons. The van der Waals surface area contributed by atoms with Crippen LogP contribution in [-0.2, 0) is 57.0 Å². The number of aliphatic hydroxyl groups excluding tert-OH is 3. The van der Waals surface area contributed by atoms with Gasteiger partial charge in [0.2, 0.25) is 0 Å². The number of aliphatic hydroxyl groups is 4. The highest BCUT2D eigenvalue weighted by molar-refractivity contribution is 5.91. The van der Waals surface area contributed by atoms with Crippen LogP contribution in [-0.4, -0.2) is 176 Å². The van der Waals surface area contributed by atoms with E-state index in [0.29, 0.717) is 12.0 Å². The van der Waals surface area contributed by atoms with E-state index in [1.807, 2.05) is 33.8 Å². The smallest absolute Gasteiger partial charge is 0.308 e. The molecule has 0 aromatic carbocycles. The maximum absolute atomic E-state index is 13.8. The molecule has 0 aromatic heterocycles. The number of rotatable bonds is 13. The van der Waals surface area contributed by atoms with Crippen LogP contribution in [0.15, 0.2) is 23.8 Å². The molecule has 0 aliphatic carbocycles. The SMILES string of the molecule is CC[C@H]1OC(=O)C[C@@H](O)[C@H](C)[C@@H](O[C@@H]2O[C@H](C)[C@@H](O[C@H]3CC(C)(O)[C@@H](C)C(C)O3)C(N(C)C)C2O)[C@@H](CC=O)C[C@@H](C)C(=O)/C=C/C(C)=C/[C@@H]1CO[C@@H]1OC(C)[C@@H](O)[C@H](OC)C1OC. The van der Waals surface area contributed by atoms with E-state index in [-0.39, 0.29) is 43.7 Å². The first-order valence-corrected chi connectivity index (χ1v) is 23.0. The molecule has 4 rings (SSSR count). The molecular weight excluding hydrogens is 835 g/mol. The predicted octanol–water partition coefficient (Wildman–Crippen LogP) is 3.11. The molecule has 64 heavy (non-hydrogen) atoms. The number of methoxy groups -OCH3 is 2. The highest BCUT2D eigenvalue weighted by Crippen LogP contribution is 2.39. The summed E-state index contributed by atoms with van der Waals surface area (Å²) in [5.74, 6) is -3.62. The van der Waals surface area contributed by atoms with Crippen molar-refractivity contribution in [1.82, 2.24) is 4.90 Å². The fraction of sp³-hybridized carbons (Fsp3) is 0.851. The average molecular weight is 914 g/mol. The first-order chi connectivity index (χ1) is 30.1. The molecule has 0 saturated carbocycles. The molecular formula is C47H79NO16. The lowest BCUT2D eigenvalue weighted by atomic mass is 9.79. The first kappa shape index (κ1) is 54.4. The average Bonchev–Trinajstić information content (AvgIpc) is 3.23. The van der Waals surface area contributed by atoms with Crippen LogP contribution in [0, 0.1) is 29.6 Å². The molecule has 3 saturated heterocycles. The number of likely N-dealkylation sites (N-methyl/N-ethyl adjacent to an activating group) is 1. The van der Waals surface area contributed by atoms with E-state index in [9.17, 15) is 34.8 Å². The molecule has 0 aromatic rings. The maximum Gasteiger partial charge on any atom is 0.308 e. The molecule has 17 nitrogen and oxygen atoms in total. The van der Waals surface area contributed by atoms with Crippen molar-refractivity contribution in [2.45, 2.75) is 192 Å². The van der Waals surface area contributed by atoms with Crippen molar-refractivity contribution < 1.29 is 77.4 Å². The molecule has 0 radical (unpaired) electrons. The van der Waals surface area contributed by atoms with Crippen LogP contribution >= 0.6 is 0 Å². The zero-order valence-electron chi connectivity index (χ0n) is 40.2. The van der Waals surface area contributed by atoms with Crippen LogP contribution < -0.4 is 0 Å². The summed E-state index contributed by atoms with van der Waals surface area (Å²) in [5.41, 5.74) is -0.351. The third-order valence-corrected chi connectivity index (χ3v) is 14.0. The summed E-state index contributed by atoms with van der Waals surface area (Å²) in [5, 5.41) is 45.6. The third kappa shape index (κ3) is 13.5. The van der Waals surface area contributed by atoms with E-state index >= 15 is 0 Å². The largest absolute Gasteiger partial charge is 0.462 e. The molecule has 17 heteroatoms. The van der Waals surface area contributed by atoms with Crippen LogP contribution in [0.2, 0.25) is 0 Å². The zero-order valence-corrected chi connectivity index (χ0v) is 40.2. The molecule has 6 unspecified atom stereocenters. The number of nitrogens with zero attached hydrogens (tertiary/aromatic N) is 1. The van der Waals surface area contributed by atoms with Crippen molar-refractivity contribution >= 4 is 18.0 Å². The van der Waals surface area contributed by atoms with E-state index in [0.717, 1.165) is 6.29 Å². The van der Waals surface area contributed by atoms with Gasteiger partial charge in [-0.3, -0.25) is 9.59 Å². The van der Waals surface area contributed by atoms with E-state index < -0.39 is 128 Å². The number of carbonyl (C=O) groups is 3. The molecule has 4 heterocycles. The van der Waals surface area contributed by atoms with Crippen molar-refractivity contribution in [2.75, 3.05) is 34.9 Å². The number of hydrogen-bond donors (Lipinski definition) is 4. The summed E-state index contributed by atoms with van der Waals surface area (Å²) in [4.78, 5) is 41.6. The van der Waals surface area contributed by atoms with Crippen molar-refractivity contribution in [1.29, 1.82) is 0 Å². The molecule has 4 N–H and O–H groups in total. The van der Waals surface area contributed by atoms with Crippen LogP contribution in [0.3, 0.4) is 0 Å². The van der Waals surface area contributed by atoms with E-state index in [1.165, 1.54) is 20.3 Å². The van der Waals surface area contributed by atoms with Gasteiger partial charge in [0.05, 0.1) is 55.2 Å². The third-order valence-electron chi connectivity index (χ3n) is 14.0. The summed E-state index contributed by atoms with van der Waals surface area (Å²) in [6.07, 6.45) is -6.05. The van der Waals surface area contributed by atoms with Crippen LogP contribution in [0.5, 0.6) is 0 Å². The van der Waals surface area contributed by atoms with Gasteiger partial charge in [0.15, 0.2) is 24.7 Å². The summed E-state index contributed by atoms with van der Waals surface area (Å²) >= 11 is 0. The summed E-state index contributed by atoms with van der Waals surface area (Å²) in [6.45, 7) is 16.2. The molecule has 0 amide bonds. The summed E-state index contributed by atoms with van der Waals surface area (Å²) in [7, 11) is 6.53. The minimum atomic E-state index is -1.34. The Bertz CT molecular complexity index is 1560. The number of allylic oxidation sites excluding steroid dienone is 3. The second-order valence-corrected chi connectivity index (χ2v) is 19.1. The quantitative estimate of drug-likeness (QED) is 0.154. The van der Waals surface area contributed by atoms with Gasteiger partial charge < -0.3 is 72.8 Å². The van der Waals surface area contributed by atoms with Gasteiger partial charge in [-0.25, -0.2) is 0 Å². The molecule has 0 bridgehead atoms. The lowest BCUT2D eigenvalue weighted by Gasteiger charge is -2.50.